The molecule has 6 heteroatoms. The van der Waals surface area contributed by atoms with Crippen molar-refractivity contribution >= 4 is 34.7 Å². The van der Waals surface area contributed by atoms with Gasteiger partial charge in [-0.15, -0.1) is 0 Å². The number of halogens is 4. The van der Waals surface area contributed by atoms with Gasteiger partial charge in [0.25, 0.3) is 0 Å². The van der Waals surface area contributed by atoms with Crippen molar-refractivity contribution in [3.05, 3.63) is 119 Å². The Morgan fingerprint density at radius 2 is 0.833 bits per heavy atom. The molecule has 0 spiro atoms. The summed E-state index contributed by atoms with van der Waals surface area (Å²) in [5.41, 5.74) is 2.02. The van der Waals surface area contributed by atoms with Gasteiger partial charge in [-0.2, -0.15) is 0 Å². The van der Waals surface area contributed by atoms with Crippen LogP contribution in [0, 0.1) is 23.3 Å². The number of rotatable bonds is 8. The quantitative estimate of drug-likeness (QED) is 0.137. The number of hydrogen-bond acceptors (Lipinski definition) is 2. The van der Waals surface area contributed by atoms with Crippen molar-refractivity contribution in [2.75, 3.05) is 38.0 Å². The van der Waals surface area contributed by atoms with Gasteiger partial charge in [0.05, 0.1) is 11.1 Å². The topological polar surface area (TPSA) is 6.48 Å². The first-order valence-electron chi connectivity index (χ1n) is 11.2. The molecule has 0 saturated heterocycles. The Hall–Kier alpha value is -4.06. The second kappa shape index (κ2) is 11.1. The summed E-state index contributed by atoms with van der Waals surface area (Å²) in [6.07, 6.45) is 4.85. The highest BCUT2D eigenvalue weighted by Gasteiger charge is 2.24. The van der Waals surface area contributed by atoms with Gasteiger partial charge in [-0.3, -0.25) is 0 Å². The molecule has 0 unspecified atom stereocenters. The smallest absolute Gasteiger partial charge is 0.169 e. The minimum absolute atomic E-state index is 0.313. The van der Waals surface area contributed by atoms with Crippen LogP contribution in [0.25, 0.3) is 23.3 Å². The summed E-state index contributed by atoms with van der Waals surface area (Å²) < 4.78 is 60.2. The predicted molar refractivity (Wildman–Crippen MR) is 144 cm³/mol. The Kier molecular flexibility index (Phi) is 8.20. The summed E-state index contributed by atoms with van der Waals surface area (Å²) in [5, 5.41) is 0. The van der Waals surface area contributed by atoms with Crippen molar-refractivity contribution in [3.63, 3.8) is 0 Å². The largest absolute Gasteiger partial charge is 0.378 e. The first-order chi connectivity index (χ1) is 17.1. The summed E-state index contributed by atoms with van der Waals surface area (Å²) in [4.78, 5) is 3.79. The molecule has 0 N–H and O–H groups in total. The zero-order valence-electron chi connectivity index (χ0n) is 20.7. The first-order valence-corrected chi connectivity index (χ1v) is 11.2. The van der Waals surface area contributed by atoms with E-state index < -0.39 is 34.4 Å². The second-order valence-corrected chi connectivity index (χ2v) is 8.57. The molecule has 3 aromatic rings. The van der Waals surface area contributed by atoms with Crippen molar-refractivity contribution in [2.45, 2.75) is 0 Å². The molecule has 0 aliphatic carbocycles. The van der Waals surface area contributed by atoms with Crippen LogP contribution in [-0.2, 0) is 0 Å². The van der Waals surface area contributed by atoms with Gasteiger partial charge >= 0.3 is 0 Å². The Balaban J connectivity index is 2.09. The molecule has 186 valence electrons. The highest BCUT2D eigenvalue weighted by atomic mass is 19.2. The molecule has 0 aliphatic heterocycles. The maximum absolute atomic E-state index is 15.1. The van der Waals surface area contributed by atoms with E-state index in [2.05, 4.69) is 13.2 Å². The van der Waals surface area contributed by atoms with E-state index in [0.717, 1.165) is 23.5 Å². The number of anilines is 2. The lowest BCUT2D eigenvalue weighted by Gasteiger charge is -2.14. The van der Waals surface area contributed by atoms with Crippen molar-refractivity contribution in [1.82, 2.24) is 0 Å². The molecule has 0 bridgehead atoms. The van der Waals surface area contributed by atoms with Crippen LogP contribution in [0.15, 0.2) is 73.8 Å². The molecule has 0 saturated carbocycles. The van der Waals surface area contributed by atoms with E-state index in [1.54, 1.807) is 24.3 Å². The molecule has 2 nitrogen and oxygen atoms in total. The first kappa shape index (κ1) is 26.5. The number of nitrogens with zero attached hydrogens (tertiary/aromatic N) is 2. The molecule has 0 radical (unpaired) electrons. The Morgan fingerprint density at radius 3 is 1.06 bits per heavy atom. The fraction of sp³-hybridized carbons (Fsp3) is 0.133. The van der Waals surface area contributed by atoms with Crippen LogP contribution in [-0.4, -0.2) is 28.2 Å². The molecule has 0 atom stereocenters. The highest BCUT2D eigenvalue weighted by molar-refractivity contribution is 5.90. The molecule has 0 fully saturated rings. The van der Waals surface area contributed by atoms with Gasteiger partial charge in [-0.05, 0) is 58.7 Å². The standard InChI is InChI=1S/C30H28F4N2/c1-7-19(21-9-13-23(14-10-21)35(3)4)17-25-27(31)29(33)26(30(34)28(25)32)18-20(8-2)22-11-15-24(16-12-22)36(5)6/h7-18H,1-2H2,3-6H3. The molecule has 3 aromatic carbocycles. The normalized spacial score (nSPS) is 11.9. The SMILES string of the molecule is C=CC(=Cc1c(F)c(F)c(C=C(C=C)c2ccc(N(C)C)cc2)c(F)c1F)c1ccc(N(C)C)cc1. The predicted octanol–water partition coefficient (Wildman–Crippen LogP) is 7.83. The monoisotopic (exact) mass is 492 g/mol. The number of allylic oxidation sites excluding steroid dienone is 4. The highest BCUT2D eigenvalue weighted by Crippen LogP contribution is 2.32. The molecule has 0 amide bonds. The van der Waals surface area contributed by atoms with E-state index >= 15 is 17.6 Å². The van der Waals surface area contributed by atoms with Crippen LogP contribution in [0.3, 0.4) is 0 Å². The third kappa shape index (κ3) is 5.43. The molecule has 36 heavy (non-hydrogen) atoms. The summed E-state index contributed by atoms with van der Waals surface area (Å²) in [6.45, 7) is 7.36. The van der Waals surface area contributed by atoms with Crippen molar-refractivity contribution in [2.24, 2.45) is 0 Å². The number of hydrogen-bond donors (Lipinski definition) is 0. The van der Waals surface area contributed by atoms with Crippen LogP contribution in [0.4, 0.5) is 28.9 Å². The van der Waals surface area contributed by atoms with Crippen LogP contribution < -0.4 is 9.80 Å². The van der Waals surface area contributed by atoms with E-state index in [0.29, 0.717) is 22.3 Å². The third-order valence-corrected chi connectivity index (χ3v) is 5.80. The van der Waals surface area contributed by atoms with Crippen molar-refractivity contribution < 1.29 is 17.6 Å². The Morgan fingerprint density at radius 1 is 0.556 bits per heavy atom. The molecule has 0 aliphatic rings. The fourth-order valence-corrected chi connectivity index (χ4v) is 3.65. The fourth-order valence-electron chi connectivity index (χ4n) is 3.65. The summed E-state index contributed by atoms with van der Waals surface area (Å²) >= 11 is 0. The summed E-state index contributed by atoms with van der Waals surface area (Å²) in [7, 11) is 7.51. The molecular weight excluding hydrogens is 464 g/mol. The van der Waals surface area contributed by atoms with E-state index in [1.807, 2.05) is 62.3 Å². The minimum atomic E-state index is -1.49. The third-order valence-electron chi connectivity index (χ3n) is 5.80. The average molecular weight is 493 g/mol. The van der Waals surface area contributed by atoms with E-state index in [9.17, 15) is 0 Å². The number of benzene rings is 3. The van der Waals surface area contributed by atoms with Gasteiger partial charge < -0.3 is 9.80 Å². The second-order valence-electron chi connectivity index (χ2n) is 8.57. The van der Waals surface area contributed by atoms with E-state index in [4.69, 9.17) is 0 Å². The lowest BCUT2D eigenvalue weighted by atomic mass is 9.98. The van der Waals surface area contributed by atoms with Gasteiger partial charge in [-0.1, -0.05) is 49.6 Å². The summed E-state index contributed by atoms with van der Waals surface area (Å²) in [6, 6.07) is 14.2. The van der Waals surface area contributed by atoms with Crippen molar-refractivity contribution in [1.29, 1.82) is 0 Å². The van der Waals surface area contributed by atoms with Gasteiger partial charge in [0.1, 0.15) is 0 Å². The minimum Gasteiger partial charge on any atom is -0.378 e. The van der Waals surface area contributed by atoms with Crippen LogP contribution in [0.2, 0.25) is 0 Å². The van der Waals surface area contributed by atoms with Crippen LogP contribution >= 0.6 is 0 Å². The molecular formula is C30H28F4N2. The maximum Gasteiger partial charge on any atom is 0.169 e. The zero-order valence-corrected chi connectivity index (χ0v) is 20.7. The molecule has 3 rings (SSSR count). The van der Waals surface area contributed by atoms with Gasteiger partial charge in [-0.25, -0.2) is 17.6 Å². The lowest BCUT2D eigenvalue weighted by Crippen LogP contribution is -2.08. The maximum atomic E-state index is 15.1. The lowest BCUT2D eigenvalue weighted by molar-refractivity contribution is 0.448. The van der Waals surface area contributed by atoms with Gasteiger partial charge in [0.2, 0.25) is 0 Å². The average Bonchev–Trinajstić information content (AvgIpc) is 2.88. The zero-order chi connectivity index (χ0) is 26.6. The van der Waals surface area contributed by atoms with Crippen molar-refractivity contribution in [3.8, 4) is 0 Å². The van der Waals surface area contributed by atoms with E-state index in [-0.39, 0.29) is 0 Å². The van der Waals surface area contributed by atoms with Crippen LogP contribution in [0.1, 0.15) is 22.3 Å². The van der Waals surface area contributed by atoms with E-state index in [1.165, 1.54) is 12.2 Å². The Labute approximate surface area is 209 Å². The Bertz CT molecular complexity index is 1200. The van der Waals surface area contributed by atoms with Gasteiger partial charge in [0, 0.05) is 39.6 Å². The molecule has 0 heterocycles. The van der Waals surface area contributed by atoms with Gasteiger partial charge in [0.15, 0.2) is 23.3 Å². The summed E-state index contributed by atoms with van der Waals surface area (Å²) in [5.74, 6) is -5.96. The molecule has 0 aromatic heterocycles. The van der Waals surface area contributed by atoms with Crippen LogP contribution in [0.5, 0.6) is 0 Å².